The quantitative estimate of drug-likeness (QED) is 0.491. The molecule has 32 heavy (non-hydrogen) atoms. The lowest BCUT2D eigenvalue weighted by molar-refractivity contribution is -0.137. The molecule has 1 aliphatic rings. The molecule has 0 aliphatic carbocycles. The lowest BCUT2D eigenvalue weighted by Crippen LogP contribution is -2.50. The second-order valence-corrected chi connectivity index (χ2v) is 7.62. The number of rotatable bonds is 4. The Hall–Kier alpha value is -3.62. The standard InChI is InChI=1S/C23H21F3N4O2/c1-15-19(13-20(28-15)16-4-3-7-27-14-16)21(31)22(32)30-10-8-29(9-11-30)18-6-2-5-17(12-18)23(24,25)26/h2-7,12-14,28H,8-11H2,1H3. The van der Waals surface area contributed by atoms with Gasteiger partial charge in [0.05, 0.1) is 5.56 Å². The van der Waals surface area contributed by atoms with Gasteiger partial charge in [-0.15, -0.1) is 0 Å². The summed E-state index contributed by atoms with van der Waals surface area (Å²) in [6.45, 7) is 2.91. The minimum atomic E-state index is -4.41. The van der Waals surface area contributed by atoms with Crippen molar-refractivity contribution in [2.45, 2.75) is 13.1 Å². The number of aromatic nitrogens is 2. The van der Waals surface area contributed by atoms with E-state index in [2.05, 4.69) is 9.97 Å². The average Bonchev–Trinajstić information content (AvgIpc) is 3.20. The number of nitrogens with one attached hydrogen (secondary N) is 1. The van der Waals surface area contributed by atoms with E-state index in [1.54, 1.807) is 42.4 Å². The topological polar surface area (TPSA) is 69.3 Å². The maximum Gasteiger partial charge on any atom is 0.416 e. The zero-order valence-corrected chi connectivity index (χ0v) is 17.3. The fraction of sp³-hybridized carbons (Fsp3) is 0.261. The van der Waals surface area contributed by atoms with E-state index in [9.17, 15) is 22.8 Å². The molecule has 0 radical (unpaired) electrons. The Morgan fingerprint density at radius 3 is 2.44 bits per heavy atom. The second-order valence-electron chi connectivity index (χ2n) is 7.62. The summed E-state index contributed by atoms with van der Waals surface area (Å²) in [5, 5.41) is 0. The molecule has 1 aliphatic heterocycles. The fourth-order valence-electron chi connectivity index (χ4n) is 3.78. The zero-order valence-electron chi connectivity index (χ0n) is 17.3. The van der Waals surface area contributed by atoms with Crippen LogP contribution in [0.4, 0.5) is 18.9 Å². The van der Waals surface area contributed by atoms with Gasteiger partial charge in [0, 0.05) is 66.8 Å². The van der Waals surface area contributed by atoms with E-state index in [-0.39, 0.29) is 13.1 Å². The Balaban J connectivity index is 1.43. The van der Waals surface area contributed by atoms with Gasteiger partial charge in [0.15, 0.2) is 0 Å². The van der Waals surface area contributed by atoms with Gasteiger partial charge in [0.25, 0.3) is 11.7 Å². The van der Waals surface area contributed by atoms with Crippen molar-refractivity contribution in [3.8, 4) is 11.3 Å². The van der Waals surface area contributed by atoms with Crippen LogP contribution >= 0.6 is 0 Å². The van der Waals surface area contributed by atoms with Gasteiger partial charge in [-0.2, -0.15) is 13.2 Å². The van der Waals surface area contributed by atoms with Gasteiger partial charge in [-0.3, -0.25) is 14.6 Å². The van der Waals surface area contributed by atoms with Crippen LogP contribution in [0.3, 0.4) is 0 Å². The second kappa shape index (κ2) is 8.49. The number of hydrogen-bond acceptors (Lipinski definition) is 4. The molecule has 3 heterocycles. The molecule has 0 bridgehead atoms. The highest BCUT2D eigenvalue weighted by molar-refractivity contribution is 6.43. The summed E-state index contributed by atoms with van der Waals surface area (Å²) >= 11 is 0. The molecule has 0 unspecified atom stereocenters. The van der Waals surface area contributed by atoms with Crippen molar-refractivity contribution >= 4 is 17.4 Å². The van der Waals surface area contributed by atoms with Crippen LogP contribution < -0.4 is 4.90 Å². The molecule has 4 rings (SSSR count). The summed E-state index contributed by atoms with van der Waals surface area (Å²) in [5.41, 5.74) is 2.12. The number of anilines is 1. The Labute approximate surface area is 182 Å². The van der Waals surface area contributed by atoms with Crippen LogP contribution in [0.1, 0.15) is 21.6 Å². The number of carbonyl (C=O) groups excluding carboxylic acids is 2. The summed E-state index contributed by atoms with van der Waals surface area (Å²) in [6.07, 6.45) is -1.11. The summed E-state index contributed by atoms with van der Waals surface area (Å²) in [5.74, 6) is -1.23. The molecule has 0 atom stereocenters. The van der Waals surface area contributed by atoms with Crippen LogP contribution in [0.2, 0.25) is 0 Å². The number of H-pyrrole nitrogens is 1. The molecule has 0 spiro atoms. The van der Waals surface area contributed by atoms with Crippen molar-refractivity contribution in [1.29, 1.82) is 0 Å². The van der Waals surface area contributed by atoms with Gasteiger partial charge in [0.2, 0.25) is 0 Å². The average molecular weight is 442 g/mol. The van der Waals surface area contributed by atoms with E-state index in [0.29, 0.717) is 35.7 Å². The number of pyridine rings is 1. The van der Waals surface area contributed by atoms with Gasteiger partial charge >= 0.3 is 6.18 Å². The summed E-state index contributed by atoms with van der Waals surface area (Å²) in [4.78, 5) is 36.1. The van der Waals surface area contributed by atoms with Crippen LogP contribution in [0.25, 0.3) is 11.3 Å². The normalized spacial score (nSPS) is 14.5. The van der Waals surface area contributed by atoms with Crippen LogP contribution in [-0.4, -0.2) is 52.7 Å². The van der Waals surface area contributed by atoms with E-state index in [4.69, 9.17) is 0 Å². The third-order valence-corrected chi connectivity index (χ3v) is 5.53. The number of aryl methyl sites for hydroxylation is 1. The smallest absolute Gasteiger partial charge is 0.368 e. The number of hydrogen-bond donors (Lipinski definition) is 1. The Morgan fingerprint density at radius 2 is 1.78 bits per heavy atom. The third-order valence-electron chi connectivity index (χ3n) is 5.53. The number of benzene rings is 1. The highest BCUT2D eigenvalue weighted by Crippen LogP contribution is 2.32. The number of nitrogens with zero attached hydrogens (tertiary/aromatic N) is 3. The van der Waals surface area contributed by atoms with Crippen molar-refractivity contribution in [2.24, 2.45) is 0 Å². The number of halogens is 3. The predicted molar refractivity (Wildman–Crippen MR) is 113 cm³/mol. The lowest BCUT2D eigenvalue weighted by atomic mass is 10.1. The molecule has 6 nitrogen and oxygen atoms in total. The molecular formula is C23H21F3N4O2. The molecule has 1 saturated heterocycles. The molecule has 1 aromatic carbocycles. The molecule has 1 fully saturated rings. The molecule has 1 amide bonds. The van der Waals surface area contributed by atoms with Gasteiger partial charge < -0.3 is 14.8 Å². The van der Waals surface area contributed by atoms with Crippen LogP contribution in [0.15, 0.2) is 54.9 Å². The highest BCUT2D eigenvalue weighted by Gasteiger charge is 2.32. The number of ketones is 1. The number of Topliss-reactive ketones (excluding diaryl/α,β-unsaturated/α-hetero) is 1. The van der Waals surface area contributed by atoms with E-state index >= 15 is 0 Å². The fourth-order valence-corrected chi connectivity index (χ4v) is 3.78. The molecule has 0 saturated carbocycles. The van der Waals surface area contributed by atoms with Crippen molar-refractivity contribution in [2.75, 3.05) is 31.1 Å². The van der Waals surface area contributed by atoms with Crippen LogP contribution in [0.5, 0.6) is 0 Å². The maximum atomic E-state index is 13.0. The first-order valence-corrected chi connectivity index (χ1v) is 10.1. The van der Waals surface area contributed by atoms with Crippen LogP contribution in [-0.2, 0) is 11.0 Å². The Kier molecular flexibility index (Phi) is 5.73. The SMILES string of the molecule is Cc1[nH]c(-c2cccnc2)cc1C(=O)C(=O)N1CCN(c2cccc(C(F)(F)F)c2)CC1. The van der Waals surface area contributed by atoms with E-state index in [1.807, 2.05) is 6.07 Å². The number of aromatic amines is 1. The van der Waals surface area contributed by atoms with Gasteiger partial charge in [0.1, 0.15) is 0 Å². The molecule has 1 N–H and O–H groups in total. The first kappa shape index (κ1) is 21.6. The summed E-state index contributed by atoms with van der Waals surface area (Å²) < 4.78 is 38.9. The largest absolute Gasteiger partial charge is 0.416 e. The number of amides is 1. The lowest BCUT2D eigenvalue weighted by Gasteiger charge is -2.36. The molecule has 2 aromatic heterocycles. The van der Waals surface area contributed by atoms with E-state index in [1.165, 1.54) is 11.0 Å². The molecule has 9 heteroatoms. The predicted octanol–water partition coefficient (Wildman–Crippen LogP) is 3.94. The first-order valence-electron chi connectivity index (χ1n) is 10.1. The van der Waals surface area contributed by atoms with Gasteiger partial charge in [-0.25, -0.2) is 0 Å². The maximum absolute atomic E-state index is 13.0. The van der Waals surface area contributed by atoms with Crippen molar-refractivity contribution in [1.82, 2.24) is 14.9 Å². The van der Waals surface area contributed by atoms with Crippen molar-refractivity contribution < 1.29 is 22.8 Å². The summed E-state index contributed by atoms with van der Waals surface area (Å²) in [7, 11) is 0. The van der Waals surface area contributed by atoms with Crippen molar-refractivity contribution in [3.05, 3.63) is 71.7 Å². The van der Waals surface area contributed by atoms with E-state index in [0.717, 1.165) is 17.7 Å². The third kappa shape index (κ3) is 4.37. The highest BCUT2D eigenvalue weighted by atomic mass is 19.4. The van der Waals surface area contributed by atoms with E-state index < -0.39 is 23.4 Å². The monoisotopic (exact) mass is 442 g/mol. The zero-order chi connectivity index (χ0) is 22.9. The Morgan fingerprint density at radius 1 is 1.03 bits per heavy atom. The number of piperazine rings is 1. The van der Waals surface area contributed by atoms with Crippen molar-refractivity contribution in [3.63, 3.8) is 0 Å². The first-order chi connectivity index (χ1) is 15.2. The molecule has 166 valence electrons. The minimum Gasteiger partial charge on any atom is -0.368 e. The number of alkyl halides is 3. The molecule has 3 aromatic rings. The Bertz CT molecular complexity index is 1130. The van der Waals surface area contributed by atoms with Gasteiger partial charge in [-0.1, -0.05) is 6.07 Å². The summed E-state index contributed by atoms with van der Waals surface area (Å²) in [6, 6.07) is 10.4. The minimum absolute atomic E-state index is 0.250. The van der Waals surface area contributed by atoms with Crippen LogP contribution in [0, 0.1) is 6.92 Å². The number of carbonyl (C=O) groups is 2. The molecular weight excluding hydrogens is 421 g/mol. The van der Waals surface area contributed by atoms with Gasteiger partial charge in [-0.05, 0) is 43.3 Å².